The van der Waals surface area contributed by atoms with E-state index in [0.29, 0.717) is 0 Å². The predicted octanol–water partition coefficient (Wildman–Crippen LogP) is 1.11. The first-order valence-corrected chi connectivity index (χ1v) is 0.957. The zero-order valence-corrected chi connectivity index (χ0v) is 2.41. The zero-order valence-electron chi connectivity index (χ0n) is 2.41. The molecule has 0 aromatic carbocycles. The molecule has 0 aromatic rings. The van der Waals surface area contributed by atoms with Gasteiger partial charge in [-0.2, -0.15) is 0 Å². The van der Waals surface area contributed by atoms with Crippen LogP contribution in [0.2, 0.25) is 0 Å². The van der Waals surface area contributed by atoms with Crippen molar-refractivity contribution in [2.24, 2.45) is 0 Å². The van der Waals surface area contributed by atoms with Crippen LogP contribution in [0, 0.1) is 0 Å². The van der Waals surface area contributed by atoms with E-state index in [4.69, 9.17) is 0 Å². The van der Waals surface area contributed by atoms with Crippen molar-refractivity contribution in [1.82, 2.24) is 0 Å². The largest absolute Gasteiger partial charge is 0.0788 e. The summed E-state index contributed by atoms with van der Waals surface area (Å²) in [7, 11) is 0. The summed E-state index contributed by atoms with van der Waals surface area (Å²) in [6.45, 7) is 6.36. The van der Waals surface area contributed by atoms with Crippen molar-refractivity contribution in [2.75, 3.05) is 0 Å². The molecule has 0 unspecified atom stereocenters. The minimum atomic E-state index is 2.32. The van der Waals surface area contributed by atoms with E-state index in [2.05, 4.69) is 24.6 Å². The SMILES string of the molecule is C=C=C=C. The van der Waals surface area contributed by atoms with Crippen LogP contribution in [0.4, 0.5) is 0 Å². The van der Waals surface area contributed by atoms with Gasteiger partial charge in [0.2, 0.25) is 0 Å². The van der Waals surface area contributed by atoms with Gasteiger partial charge >= 0.3 is 0 Å². The maximum absolute atomic E-state index is 3.18. The van der Waals surface area contributed by atoms with Crippen molar-refractivity contribution < 1.29 is 0 Å². The maximum atomic E-state index is 3.18. The number of hydrogen-bond donors (Lipinski definition) is 0. The van der Waals surface area contributed by atoms with E-state index < -0.39 is 0 Å². The van der Waals surface area contributed by atoms with Crippen LogP contribution >= 0.6 is 0 Å². The Bertz CT molecular complexity index is 50.1. The standard InChI is InChI=1S/C4H4/c1-3-4-2/h1-2H2. The van der Waals surface area contributed by atoms with Crippen LogP contribution in [0.15, 0.2) is 24.6 Å². The minimum Gasteiger partial charge on any atom is -0.0788 e. The molecule has 0 saturated carbocycles. The first-order valence-electron chi connectivity index (χ1n) is 0.957. The summed E-state index contributed by atoms with van der Waals surface area (Å²) in [5.41, 5.74) is 4.64. The Balaban J connectivity index is 3.95. The molecule has 0 nitrogen and oxygen atoms in total. The summed E-state index contributed by atoms with van der Waals surface area (Å²) in [5.74, 6) is 0. The molecule has 0 atom stereocenters. The van der Waals surface area contributed by atoms with E-state index in [1.54, 1.807) is 0 Å². The molecule has 0 N–H and O–H groups in total. The third-order valence-electron chi connectivity index (χ3n) is 0.125. The molecule has 0 aromatic heterocycles. The molecule has 20 valence electrons. The lowest BCUT2D eigenvalue weighted by Crippen LogP contribution is -0.988. The van der Waals surface area contributed by atoms with E-state index in [1.165, 1.54) is 0 Å². The van der Waals surface area contributed by atoms with Crippen molar-refractivity contribution in [3.63, 3.8) is 0 Å². The smallest absolute Gasteiger partial charge is 0.0481 e. The monoisotopic (exact) mass is 52.0 g/mol. The zero-order chi connectivity index (χ0) is 3.41. The molecule has 0 aliphatic heterocycles. The van der Waals surface area contributed by atoms with E-state index in [9.17, 15) is 0 Å². The number of rotatable bonds is 0. The van der Waals surface area contributed by atoms with E-state index in [0.717, 1.165) is 0 Å². The van der Waals surface area contributed by atoms with Gasteiger partial charge in [-0.1, -0.05) is 11.5 Å². The second-order valence-electron chi connectivity index (χ2n) is 0.354. The summed E-state index contributed by atoms with van der Waals surface area (Å²) in [5, 5.41) is 0. The molecule has 0 rings (SSSR count). The molecule has 0 amide bonds. The Labute approximate surface area is 25.8 Å². The Morgan fingerprint density at radius 1 is 1.00 bits per heavy atom. The molecule has 0 spiro atoms. The first kappa shape index (κ1) is 3.30. The van der Waals surface area contributed by atoms with Gasteiger partial charge in [-0.15, -0.1) is 0 Å². The third kappa shape index (κ3) is 1.30. The lowest BCUT2D eigenvalue weighted by atomic mass is 10.9. The summed E-state index contributed by atoms with van der Waals surface area (Å²) in [6, 6.07) is 0. The van der Waals surface area contributed by atoms with Crippen molar-refractivity contribution in [3.8, 4) is 0 Å². The summed E-state index contributed by atoms with van der Waals surface area (Å²) in [6.07, 6.45) is 0. The third-order valence-corrected chi connectivity index (χ3v) is 0.125. The van der Waals surface area contributed by atoms with Gasteiger partial charge in [0.1, 0.15) is 0 Å². The normalized spacial score (nSPS) is 3.00. The average Bonchev–Trinajstić information content (AvgIpc) is 1.37. The highest BCUT2D eigenvalue weighted by Crippen LogP contribution is 1.30. The Hall–Kier alpha value is -0.700. The molecule has 0 aliphatic rings. The maximum Gasteiger partial charge on any atom is -0.0481 e. The summed E-state index contributed by atoms with van der Waals surface area (Å²) in [4.78, 5) is 0. The summed E-state index contributed by atoms with van der Waals surface area (Å²) >= 11 is 0. The van der Waals surface area contributed by atoms with Crippen LogP contribution in [0.25, 0.3) is 0 Å². The van der Waals surface area contributed by atoms with Crippen LogP contribution < -0.4 is 0 Å². The van der Waals surface area contributed by atoms with Crippen molar-refractivity contribution >= 4 is 0 Å². The quantitative estimate of drug-likeness (QED) is 0.362. The van der Waals surface area contributed by atoms with E-state index >= 15 is 0 Å². The second-order valence-corrected chi connectivity index (χ2v) is 0.354. The van der Waals surface area contributed by atoms with Gasteiger partial charge in [0.05, 0.1) is 0 Å². The van der Waals surface area contributed by atoms with Crippen molar-refractivity contribution in [2.45, 2.75) is 0 Å². The topological polar surface area (TPSA) is 0 Å². The second kappa shape index (κ2) is 2.30. The fourth-order valence-electron chi connectivity index (χ4n) is 0. The van der Waals surface area contributed by atoms with Crippen LogP contribution in [-0.4, -0.2) is 0 Å². The van der Waals surface area contributed by atoms with Gasteiger partial charge in [-0.25, -0.2) is 0 Å². The van der Waals surface area contributed by atoms with Crippen LogP contribution in [0.5, 0.6) is 0 Å². The highest BCUT2D eigenvalue weighted by molar-refractivity contribution is 4.66. The molecule has 0 heterocycles. The van der Waals surface area contributed by atoms with Gasteiger partial charge in [-0.05, 0) is 13.2 Å². The highest BCUT2D eigenvalue weighted by Gasteiger charge is 1.08. The Morgan fingerprint density at radius 2 is 1.25 bits per heavy atom. The average molecular weight is 52.1 g/mol. The Morgan fingerprint density at radius 3 is 1.25 bits per heavy atom. The highest BCUT2D eigenvalue weighted by atomic mass is 13.2. The van der Waals surface area contributed by atoms with Crippen molar-refractivity contribution in [1.29, 1.82) is 0 Å². The van der Waals surface area contributed by atoms with Gasteiger partial charge < -0.3 is 0 Å². The molecule has 0 aliphatic carbocycles. The van der Waals surface area contributed by atoms with Crippen LogP contribution in [0.1, 0.15) is 0 Å². The molecule has 4 heavy (non-hydrogen) atoms. The molecular formula is C4H4. The lowest BCUT2D eigenvalue weighted by molar-refractivity contribution is 2.37. The fourth-order valence-corrected chi connectivity index (χ4v) is 0. The van der Waals surface area contributed by atoms with Crippen LogP contribution in [0.3, 0.4) is 0 Å². The van der Waals surface area contributed by atoms with Gasteiger partial charge in [0.25, 0.3) is 0 Å². The molecular weight excluding hydrogens is 48.0 g/mol. The van der Waals surface area contributed by atoms with Gasteiger partial charge in [-0.3, -0.25) is 0 Å². The molecule has 0 radical (unpaired) electrons. The molecule has 0 fully saturated rings. The molecule has 0 saturated heterocycles. The van der Waals surface area contributed by atoms with Crippen molar-refractivity contribution in [3.05, 3.63) is 24.6 Å². The van der Waals surface area contributed by atoms with Gasteiger partial charge in [0, 0.05) is 0 Å². The molecule has 0 bridgehead atoms. The molecule has 0 heteroatoms. The first-order chi connectivity index (χ1) is 1.91. The summed E-state index contributed by atoms with van der Waals surface area (Å²) < 4.78 is 0. The lowest BCUT2D eigenvalue weighted by Gasteiger charge is -1.21. The van der Waals surface area contributed by atoms with Gasteiger partial charge in [0.15, 0.2) is 0 Å². The minimum absolute atomic E-state index is 2.32. The van der Waals surface area contributed by atoms with E-state index in [1.807, 2.05) is 0 Å². The van der Waals surface area contributed by atoms with E-state index in [-0.39, 0.29) is 0 Å². The fraction of sp³-hybridized carbons (Fsp3) is 0. The van der Waals surface area contributed by atoms with Crippen LogP contribution in [-0.2, 0) is 0 Å². The number of hydrogen-bond acceptors (Lipinski definition) is 0. The Kier molecular flexibility index (Phi) is 1.90. The predicted molar refractivity (Wildman–Crippen MR) is 18.3 cm³/mol.